The van der Waals surface area contributed by atoms with E-state index in [0.29, 0.717) is 40.9 Å². The van der Waals surface area contributed by atoms with Crippen LogP contribution >= 0.6 is 34.5 Å². The lowest BCUT2D eigenvalue weighted by Crippen LogP contribution is -2.64. The first-order valence-corrected chi connectivity index (χ1v) is 15.1. The number of nitrogens with one attached hydrogen (secondary N) is 2. The summed E-state index contributed by atoms with van der Waals surface area (Å²) in [6.45, 7) is 12.3. The van der Waals surface area contributed by atoms with E-state index in [2.05, 4.69) is 29.6 Å². The van der Waals surface area contributed by atoms with Gasteiger partial charge in [-0.1, -0.05) is 56.5 Å². The van der Waals surface area contributed by atoms with E-state index in [-0.39, 0.29) is 22.3 Å². The lowest BCUT2D eigenvalue weighted by atomic mass is 9.93. The van der Waals surface area contributed by atoms with Crippen molar-refractivity contribution in [1.29, 1.82) is 0 Å². The van der Waals surface area contributed by atoms with E-state index in [1.165, 1.54) is 11.3 Å². The van der Waals surface area contributed by atoms with Gasteiger partial charge in [0.2, 0.25) is 5.91 Å². The van der Waals surface area contributed by atoms with Gasteiger partial charge in [-0.05, 0) is 70.9 Å². The van der Waals surface area contributed by atoms with Crippen LogP contribution in [0, 0.1) is 0 Å². The predicted molar refractivity (Wildman–Crippen MR) is 166 cm³/mol. The predicted octanol–water partition coefficient (Wildman–Crippen LogP) is 6.79. The summed E-state index contributed by atoms with van der Waals surface area (Å²) in [5, 5.41) is 6.51. The molecule has 2 heterocycles. The number of carbonyl (C=O) groups is 3. The van der Waals surface area contributed by atoms with E-state index in [0.717, 1.165) is 30.7 Å². The average Bonchev–Trinajstić information content (AvgIpc) is 3.28. The van der Waals surface area contributed by atoms with Gasteiger partial charge in [-0.3, -0.25) is 14.9 Å². The number of hydrogen-bond acceptors (Lipinski definition) is 5. The van der Waals surface area contributed by atoms with E-state index >= 15 is 0 Å². The lowest BCUT2D eigenvalue weighted by Gasteiger charge is -2.46. The molecule has 2 aromatic rings. The van der Waals surface area contributed by atoms with Crippen molar-refractivity contribution in [3.05, 3.63) is 44.8 Å². The minimum atomic E-state index is -1.02. The second kappa shape index (κ2) is 13.1. The summed E-state index contributed by atoms with van der Waals surface area (Å²) in [5.74, 6) is -0.347. The molecule has 1 aromatic carbocycles. The smallest absolute Gasteiger partial charge is 0.324 e. The molecular weight excluding hydrogens is 569 g/mol. The fraction of sp³-hybridized carbons (Fsp3) is 0.552. The highest BCUT2D eigenvalue weighted by Gasteiger charge is 2.45. The molecular formula is C29H41Cl2N5O3S. The summed E-state index contributed by atoms with van der Waals surface area (Å²) in [7, 11) is 4.12. The molecule has 4 amide bonds. The number of nitrogens with zero attached hydrogens (tertiary/aromatic N) is 3. The number of amides is 4. The standard InChI is InChI=1S/C29H41Cl2N5O3S/c1-28(2,3)22-18-19(24(40-22)33-27(39)32-21-13-11-12-20(30)23(21)31)25(37)36-17-16-35(26(38)29(36,4)5)15-10-8-9-14-34(6)7/h11-13,18H,8-10,14-17H2,1-7H3,(H2,32,33,39). The Labute approximate surface area is 252 Å². The highest BCUT2D eigenvalue weighted by Crippen LogP contribution is 2.38. The second-order valence-electron chi connectivity index (χ2n) is 12.0. The zero-order valence-corrected chi connectivity index (χ0v) is 26.8. The Hall–Kier alpha value is -2.33. The largest absolute Gasteiger partial charge is 0.339 e. The van der Waals surface area contributed by atoms with Crippen molar-refractivity contribution in [2.75, 3.05) is 50.9 Å². The van der Waals surface area contributed by atoms with E-state index in [9.17, 15) is 14.4 Å². The molecule has 2 N–H and O–H groups in total. The van der Waals surface area contributed by atoms with Crippen molar-refractivity contribution in [2.45, 2.75) is 64.8 Å². The molecule has 11 heteroatoms. The van der Waals surface area contributed by atoms with Crippen molar-refractivity contribution in [2.24, 2.45) is 0 Å². The van der Waals surface area contributed by atoms with Gasteiger partial charge < -0.3 is 20.0 Å². The molecule has 0 spiro atoms. The third-order valence-electron chi connectivity index (χ3n) is 6.99. The number of benzene rings is 1. The van der Waals surface area contributed by atoms with Crippen LogP contribution < -0.4 is 10.6 Å². The minimum absolute atomic E-state index is 0.0613. The molecule has 1 aromatic heterocycles. The van der Waals surface area contributed by atoms with Gasteiger partial charge in [-0.25, -0.2) is 4.79 Å². The minimum Gasteiger partial charge on any atom is -0.339 e. The first-order valence-electron chi connectivity index (χ1n) is 13.6. The molecule has 1 saturated heterocycles. The molecule has 0 atom stereocenters. The Morgan fingerprint density at radius 3 is 2.42 bits per heavy atom. The molecule has 1 aliphatic rings. The number of anilines is 2. The summed E-state index contributed by atoms with van der Waals surface area (Å²) in [5.41, 5.74) is -0.545. The van der Waals surface area contributed by atoms with Gasteiger partial charge in [0.1, 0.15) is 10.5 Å². The van der Waals surface area contributed by atoms with Crippen LogP contribution in [0.15, 0.2) is 24.3 Å². The Balaban J connectivity index is 1.78. The normalized spacial score (nSPS) is 15.5. The maximum Gasteiger partial charge on any atom is 0.324 e. The van der Waals surface area contributed by atoms with Gasteiger partial charge in [0, 0.05) is 24.5 Å². The number of carbonyl (C=O) groups excluding carboxylic acids is 3. The molecule has 3 rings (SSSR count). The number of halogens is 2. The molecule has 0 radical (unpaired) electrons. The van der Waals surface area contributed by atoms with Crippen molar-refractivity contribution < 1.29 is 14.4 Å². The molecule has 0 unspecified atom stereocenters. The maximum atomic E-state index is 14.0. The fourth-order valence-electron chi connectivity index (χ4n) is 4.60. The first-order chi connectivity index (χ1) is 18.6. The van der Waals surface area contributed by atoms with Gasteiger partial charge in [0.15, 0.2) is 0 Å². The molecule has 1 fully saturated rings. The summed E-state index contributed by atoms with van der Waals surface area (Å²) < 4.78 is 0. The summed E-state index contributed by atoms with van der Waals surface area (Å²) in [6, 6.07) is 6.24. The third-order valence-corrected chi connectivity index (χ3v) is 9.28. The quantitative estimate of drug-likeness (QED) is 0.306. The molecule has 1 aliphatic heterocycles. The molecule has 0 aliphatic carbocycles. The zero-order chi connectivity index (χ0) is 29.8. The zero-order valence-electron chi connectivity index (χ0n) is 24.5. The van der Waals surface area contributed by atoms with Crippen LogP contribution in [0.2, 0.25) is 10.0 Å². The van der Waals surface area contributed by atoms with Crippen LogP contribution in [0.3, 0.4) is 0 Å². The van der Waals surface area contributed by atoms with E-state index in [1.54, 1.807) is 36.9 Å². The third kappa shape index (κ3) is 7.69. The summed E-state index contributed by atoms with van der Waals surface area (Å²) in [4.78, 5) is 47.0. The first kappa shape index (κ1) is 32.2. The highest BCUT2D eigenvalue weighted by molar-refractivity contribution is 7.16. The van der Waals surface area contributed by atoms with Crippen LogP contribution in [0.4, 0.5) is 15.5 Å². The fourth-order valence-corrected chi connectivity index (χ4v) is 6.05. The van der Waals surface area contributed by atoms with Crippen molar-refractivity contribution >= 4 is 63.1 Å². The van der Waals surface area contributed by atoms with Gasteiger partial charge in [0.25, 0.3) is 5.91 Å². The Morgan fingerprint density at radius 2 is 1.77 bits per heavy atom. The van der Waals surface area contributed by atoms with Crippen LogP contribution in [-0.4, -0.2) is 78.4 Å². The molecule has 220 valence electrons. The second-order valence-corrected chi connectivity index (χ2v) is 13.8. The van der Waals surface area contributed by atoms with E-state index in [1.807, 2.05) is 31.7 Å². The number of piperazine rings is 1. The van der Waals surface area contributed by atoms with Crippen molar-refractivity contribution in [3.63, 3.8) is 0 Å². The molecule has 0 bridgehead atoms. The number of thiophene rings is 1. The number of urea groups is 1. The van der Waals surface area contributed by atoms with Crippen LogP contribution in [0.1, 0.15) is 69.1 Å². The lowest BCUT2D eigenvalue weighted by molar-refractivity contribution is -0.146. The molecule has 40 heavy (non-hydrogen) atoms. The van der Waals surface area contributed by atoms with E-state index < -0.39 is 11.6 Å². The Kier molecular flexibility index (Phi) is 10.5. The van der Waals surface area contributed by atoms with Gasteiger partial charge in [-0.2, -0.15) is 0 Å². The van der Waals surface area contributed by atoms with Crippen molar-refractivity contribution in [3.8, 4) is 0 Å². The topological polar surface area (TPSA) is 85.0 Å². The Bertz CT molecular complexity index is 1240. The summed E-state index contributed by atoms with van der Waals surface area (Å²) >= 11 is 13.7. The Morgan fingerprint density at radius 1 is 1.07 bits per heavy atom. The molecule has 0 saturated carbocycles. The number of unbranched alkanes of at least 4 members (excludes halogenated alkanes) is 2. The van der Waals surface area contributed by atoms with Gasteiger partial charge >= 0.3 is 6.03 Å². The van der Waals surface area contributed by atoms with Crippen molar-refractivity contribution in [1.82, 2.24) is 14.7 Å². The SMILES string of the molecule is CN(C)CCCCCN1CCN(C(=O)c2cc(C(C)(C)C)sc2NC(=O)Nc2cccc(Cl)c2Cl)C(C)(C)C1=O. The van der Waals surface area contributed by atoms with Crippen LogP contribution in [0.25, 0.3) is 0 Å². The molecule has 8 nitrogen and oxygen atoms in total. The highest BCUT2D eigenvalue weighted by atomic mass is 35.5. The van der Waals surface area contributed by atoms with Crippen LogP contribution in [-0.2, 0) is 10.2 Å². The maximum absolute atomic E-state index is 14.0. The van der Waals surface area contributed by atoms with Crippen LogP contribution in [0.5, 0.6) is 0 Å². The average molecular weight is 611 g/mol. The number of rotatable bonds is 9. The van der Waals surface area contributed by atoms with E-state index in [4.69, 9.17) is 23.2 Å². The summed E-state index contributed by atoms with van der Waals surface area (Å²) in [6.07, 6.45) is 3.07. The monoisotopic (exact) mass is 609 g/mol. The van der Waals surface area contributed by atoms with Gasteiger partial charge in [-0.15, -0.1) is 11.3 Å². The van der Waals surface area contributed by atoms with Gasteiger partial charge in [0.05, 0.1) is 21.3 Å². The number of hydrogen-bond donors (Lipinski definition) is 2.